The number of rotatable bonds is 9. The number of hydrogen-bond acceptors (Lipinski definition) is 6. The van der Waals surface area contributed by atoms with Crippen LogP contribution in [0.15, 0.2) is 78.5 Å². The van der Waals surface area contributed by atoms with Gasteiger partial charge < -0.3 is 15.0 Å². The van der Waals surface area contributed by atoms with Gasteiger partial charge in [-0.1, -0.05) is 36.4 Å². The molecule has 1 saturated carbocycles. The maximum absolute atomic E-state index is 12.9. The number of allylic oxidation sites excluding steroid dienone is 1. The predicted molar refractivity (Wildman–Crippen MR) is 149 cm³/mol. The molecule has 2 aromatic heterocycles. The highest BCUT2D eigenvalue weighted by atomic mass is 16.5. The molecule has 2 aliphatic rings. The summed E-state index contributed by atoms with van der Waals surface area (Å²) >= 11 is 0. The Morgan fingerprint density at radius 3 is 2.64 bits per heavy atom. The molecule has 1 saturated heterocycles. The first kappa shape index (κ1) is 24.7. The molecule has 196 valence electrons. The van der Waals surface area contributed by atoms with E-state index in [1.165, 1.54) is 5.56 Å². The van der Waals surface area contributed by atoms with E-state index in [2.05, 4.69) is 38.7 Å². The van der Waals surface area contributed by atoms with Gasteiger partial charge in [-0.3, -0.25) is 9.89 Å². The van der Waals surface area contributed by atoms with Crippen molar-refractivity contribution >= 4 is 22.8 Å². The minimum atomic E-state index is -0.164. The lowest BCUT2D eigenvalue weighted by molar-refractivity contribution is -0.125. The fraction of sp³-hybridized carbons (Fsp3) is 0.290. The van der Waals surface area contributed by atoms with E-state index in [9.17, 15) is 10.1 Å². The number of nitriles is 1. The van der Waals surface area contributed by atoms with Gasteiger partial charge in [0.1, 0.15) is 23.1 Å². The summed E-state index contributed by atoms with van der Waals surface area (Å²) in [4.78, 5) is 19.1. The summed E-state index contributed by atoms with van der Waals surface area (Å²) in [7, 11) is 0. The van der Waals surface area contributed by atoms with E-state index >= 15 is 0 Å². The molecule has 4 aromatic rings. The number of carbonyl (C=O) groups excluding carboxylic acids is 1. The number of nitrogens with zero attached hydrogens (tertiary/aromatic N) is 4. The van der Waals surface area contributed by atoms with Crippen LogP contribution in [0.1, 0.15) is 30.4 Å². The van der Waals surface area contributed by atoms with Gasteiger partial charge in [-0.15, -0.1) is 0 Å². The van der Waals surface area contributed by atoms with Crippen molar-refractivity contribution in [1.82, 2.24) is 20.1 Å². The quantitative estimate of drug-likeness (QED) is 0.227. The Balaban J connectivity index is 1.10. The molecule has 8 heteroatoms. The van der Waals surface area contributed by atoms with Crippen molar-refractivity contribution in [2.24, 2.45) is 5.92 Å². The summed E-state index contributed by atoms with van der Waals surface area (Å²) in [6.07, 6.45) is 8.28. The first-order valence-electron chi connectivity index (χ1n) is 13.5. The summed E-state index contributed by atoms with van der Waals surface area (Å²) in [6.45, 7) is 1.17. The van der Waals surface area contributed by atoms with Gasteiger partial charge in [0.05, 0.1) is 5.39 Å². The van der Waals surface area contributed by atoms with Gasteiger partial charge >= 0.3 is 0 Å². The van der Waals surface area contributed by atoms with Crippen LogP contribution in [0.5, 0.6) is 11.5 Å². The first-order valence-corrected chi connectivity index (χ1v) is 13.5. The van der Waals surface area contributed by atoms with Crippen LogP contribution in [0.3, 0.4) is 0 Å². The van der Waals surface area contributed by atoms with Crippen LogP contribution < -0.4 is 10.1 Å². The smallest absolute Gasteiger partial charge is 0.264 e. The summed E-state index contributed by atoms with van der Waals surface area (Å²) in [5.41, 5.74) is 3.39. The number of pyridine rings is 1. The molecule has 6 rings (SSSR count). The third kappa shape index (κ3) is 5.78. The van der Waals surface area contributed by atoms with Crippen LogP contribution in [0, 0.1) is 17.2 Å². The zero-order valence-corrected chi connectivity index (χ0v) is 21.6. The highest BCUT2D eigenvalue weighted by Gasteiger charge is 2.30. The molecule has 3 heterocycles. The first-order chi connectivity index (χ1) is 19.2. The molecule has 1 aliphatic heterocycles. The molecule has 8 nitrogen and oxygen atoms in total. The molecule has 0 radical (unpaired) electrons. The molecular formula is C31H30N6O2. The Hall–Kier alpha value is -4.64. The van der Waals surface area contributed by atoms with Crippen LogP contribution in [0.4, 0.5) is 5.82 Å². The van der Waals surface area contributed by atoms with Gasteiger partial charge in [-0.25, -0.2) is 4.98 Å². The number of H-pyrrole nitrogens is 1. The van der Waals surface area contributed by atoms with E-state index in [0.717, 1.165) is 66.0 Å². The Bertz CT molecular complexity index is 1530. The van der Waals surface area contributed by atoms with Crippen LogP contribution in [-0.4, -0.2) is 45.1 Å². The highest BCUT2D eigenvalue weighted by Crippen LogP contribution is 2.32. The molecule has 2 aromatic carbocycles. The minimum Gasteiger partial charge on any atom is -0.457 e. The van der Waals surface area contributed by atoms with Gasteiger partial charge in [0.2, 0.25) is 0 Å². The molecular weight excluding hydrogens is 488 g/mol. The lowest BCUT2D eigenvalue weighted by Gasteiger charge is -2.17. The van der Waals surface area contributed by atoms with E-state index in [-0.39, 0.29) is 17.5 Å². The van der Waals surface area contributed by atoms with Crippen molar-refractivity contribution in [3.05, 3.63) is 89.6 Å². The minimum absolute atomic E-state index is 0.0616. The number of likely N-dealkylation sites (tertiary alicyclic amines) is 1. The molecule has 39 heavy (non-hydrogen) atoms. The molecule has 1 aliphatic carbocycles. The summed E-state index contributed by atoms with van der Waals surface area (Å²) < 4.78 is 5.91. The number of aromatic amines is 1. The monoisotopic (exact) mass is 518 g/mol. The number of anilines is 1. The number of hydrogen-bond donors (Lipinski definition) is 2. The van der Waals surface area contributed by atoms with Gasteiger partial charge in [-0.2, -0.15) is 10.4 Å². The van der Waals surface area contributed by atoms with E-state index < -0.39 is 0 Å². The lowest BCUT2D eigenvalue weighted by Crippen LogP contribution is -2.32. The number of fused-ring (bicyclic) bond motifs is 1. The van der Waals surface area contributed by atoms with Crippen molar-refractivity contribution in [3.63, 3.8) is 0 Å². The van der Waals surface area contributed by atoms with E-state index in [0.29, 0.717) is 19.0 Å². The second kappa shape index (κ2) is 11.0. The maximum Gasteiger partial charge on any atom is 0.264 e. The highest BCUT2D eigenvalue weighted by molar-refractivity contribution is 5.97. The molecule has 1 amide bonds. The summed E-state index contributed by atoms with van der Waals surface area (Å²) in [6, 6.07) is 22.2. The van der Waals surface area contributed by atoms with Crippen LogP contribution in [0.2, 0.25) is 0 Å². The van der Waals surface area contributed by atoms with Crippen LogP contribution in [-0.2, 0) is 17.6 Å². The third-order valence-electron chi connectivity index (χ3n) is 7.32. The second-order valence-electron chi connectivity index (χ2n) is 10.2. The Morgan fingerprint density at radius 2 is 1.87 bits per heavy atom. The predicted octanol–water partition coefficient (Wildman–Crippen LogP) is 5.41. The Kier molecular flexibility index (Phi) is 6.96. The summed E-state index contributed by atoms with van der Waals surface area (Å²) in [5, 5.41) is 21.5. The number of aromatic nitrogens is 3. The van der Waals surface area contributed by atoms with Crippen LogP contribution in [0.25, 0.3) is 11.0 Å². The fourth-order valence-corrected chi connectivity index (χ4v) is 5.04. The number of amides is 1. The van der Waals surface area contributed by atoms with Gasteiger partial charge in [0, 0.05) is 25.3 Å². The standard InChI is InChI=1S/C31H30N6O2/c32-19-24(18-22-6-7-22)31(38)37-17-15-25(20-37)34-30-28-23(14-16-33-29(28)35-36-30)11-8-21-9-12-27(13-10-21)39-26-4-2-1-3-5-26/h1-5,9-10,12-14,16,18,22,25H,6-8,11,15,17,20H2,(H2,33,34,35,36)/b24-18+/t25-/m1/s1. The van der Waals surface area contributed by atoms with E-state index in [1.54, 1.807) is 4.90 Å². The average molecular weight is 519 g/mol. The van der Waals surface area contributed by atoms with Gasteiger partial charge in [0.25, 0.3) is 5.91 Å². The van der Waals surface area contributed by atoms with Crippen molar-refractivity contribution in [2.75, 3.05) is 18.4 Å². The maximum atomic E-state index is 12.9. The topological polar surface area (TPSA) is 107 Å². The third-order valence-corrected chi connectivity index (χ3v) is 7.32. The van der Waals surface area contributed by atoms with Gasteiger partial charge in [-0.05, 0) is 79.5 Å². The fourth-order valence-electron chi connectivity index (χ4n) is 5.04. The van der Waals surface area contributed by atoms with E-state index in [1.807, 2.05) is 60.8 Å². The zero-order chi connectivity index (χ0) is 26.6. The Morgan fingerprint density at radius 1 is 1.08 bits per heavy atom. The number of ether oxygens (including phenoxy) is 1. The number of carbonyl (C=O) groups is 1. The van der Waals surface area contributed by atoms with Crippen molar-refractivity contribution in [3.8, 4) is 17.6 Å². The summed E-state index contributed by atoms with van der Waals surface area (Å²) in [5.74, 6) is 2.61. The van der Waals surface area contributed by atoms with Crippen molar-refractivity contribution < 1.29 is 9.53 Å². The SMILES string of the molecule is N#C/C(=C\C1CC1)C(=O)N1CC[C@@H](Nc2n[nH]c3nccc(CCc4ccc(Oc5ccccc5)cc4)c23)C1. The average Bonchev–Trinajstić information content (AvgIpc) is 3.51. The molecule has 0 spiro atoms. The Labute approximate surface area is 227 Å². The molecule has 1 atom stereocenters. The molecule has 2 fully saturated rings. The second-order valence-corrected chi connectivity index (χ2v) is 10.2. The van der Waals surface area contributed by atoms with Gasteiger partial charge in [0.15, 0.2) is 11.5 Å². The van der Waals surface area contributed by atoms with E-state index in [4.69, 9.17) is 4.74 Å². The van der Waals surface area contributed by atoms with Crippen molar-refractivity contribution in [2.45, 2.75) is 38.1 Å². The van der Waals surface area contributed by atoms with Crippen LogP contribution >= 0.6 is 0 Å². The lowest BCUT2D eigenvalue weighted by atomic mass is 10.0. The van der Waals surface area contributed by atoms with Crippen molar-refractivity contribution in [1.29, 1.82) is 5.26 Å². The normalized spacial score (nSPS) is 17.3. The number of benzene rings is 2. The number of aryl methyl sites for hydroxylation is 2. The molecule has 0 unspecified atom stereocenters. The largest absolute Gasteiger partial charge is 0.457 e. The number of para-hydroxylation sites is 1. The molecule has 2 N–H and O–H groups in total. The number of nitrogens with one attached hydrogen (secondary N) is 2. The molecule has 0 bridgehead atoms. The zero-order valence-electron chi connectivity index (χ0n) is 21.6.